The molecule has 18 heteroatoms. The van der Waals surface area contributed by atoms with E-state index in [4.69, 9.17) is 4.74 Å². The van der Waals surface area contributed by atoms with E-state index in [0.717, 1.165) is 16.7 Å². The molecule has 0 saturated carbocycles. The van der Waals surface area contributed by atoms with Crippen molar-refractivity contribution >= 4 is 23.2 Å². The normalized spacial score (nSPS) is 16.3. The van der Waals surface area contributed by atoms with Gasteiger partial charge in [0, 0.05) is 55.0 Å². The Balaban J connectivity index is 1.46. The molecule has 5 rings (SSSR count). The first-order chi connectivity index (χ1) is 22.4. The number of amides is 1. The molecular formula is C30H25F8N5O5. The zero-order chi connectivity index (χ0) is 35.3. The van der Waals surface area contributed by atoms with Crippen molar-refractivity contribution in [3.05, 3.63) is 87.2 Å². The van der Waals surface area contributed by atoms with Crippen LogP contribution in [0.3, 0.4) is 0 Å². The highest BCUT2D eigenvalue weighted by Crippen LogP contribution is 2.37. The summed E-state index contributed by atoms with van der Waals surface area (Å²) in [6.45, 7) is 0.0296. The number of imidazole rings is 1. The third-order valence-corrected chi connectivity index (χ3v) is 7.99. The molecule has 2 atom stereocenters. The van der Waals surface area contributed by atoms with Gasteiger partial charge in [0.05, 0.1) is 24.3 Å². The van der Waals surface area contributed by atoms with Gasteiger partial charge in [-0.25, -0.2) is 18.6 Å². The largest absolute Gasteiger partial charge is 0.480 e. The summed E-state index contributed by atoms with van der Waals surface area (Å²) in [5.74, 6) is -6.30. The Morgan fingerprint density at radius 3 is 2.38 bits per heavy atom. The maximum atomic E-state index is 15.1. The van der Waals surface area contributed by atoms with Crippen LogP contribution in [0, 0.1) is 18.6 Å². The lowest BCUT2D eigenvalue weighted by atomic mass is 9.99. The van der Waals surface area contributed by atoms with Crippen molar-refractivity contribution < 1.29 is 54.6 Å². The maximum Gasteiger partial charge on any atom is 0.417 e. The van der Waals surface area contributed by atoms with E-state index in [1.165, 1.54) is 36.8 Å². The lowest BCUT2D eigenvalue weighted by molar-refractivity contribution is -0.167. The third-order valence-electron chi connectivity index (χ3n) is 7.99. The van der Waals surface area contributed by atoms with Crippen molar-refractivity contribution in [1.29, 1.82) is 0 Å². The number of carbonyl (C=O) groups excluding carboxylic acids is 1. The number of carboxylic acids is 1. The summed E-state index contributed by atoms with van der Waals surface area (Å²) >= 11 is 0. The van der Waals surface area contributed by atoms with Crippen LogP contribution in [0.2, 0.25) is 0 Å². The molecule has 2 N–H and O–H groups in total. The number of anilines is 1. The molecule has 0 aliphatic carbocycles. The van der Waals surface area contributed by atoms with Gasteiger partial charge in [0.1, 0.15) is 34.9 Å². The van der Waals surface area contributed by atoms with Gasteiger partial charge >= 0.3 is 18.3 Å². The van der Waals surface area contributed by atoms with Gasteiger partial charge in [-0.3, -0.25) is 9.59 Å². The lowest BCUT2D eigenvalue weighted by Crippen LogP contribution is -2.53. The van der Waals surface area contributed by atoms with Crippen molar-refractivity contribution in [2.45, 2.75) is 37.8 Å². The number of rotatable bonds is 7. The Morgan fingerprint density at radius 1 is 1.10 bits per heavy atom. The van der Waals surface area contributed by atoms with Gasteiger partial charge in [0.25, 0.3) is 11.5 Å². The zero-order valence-corrected chi connectivity index (χ0v) is 24.9. The van der Waals surface area contributed by atoms with Crippen molar-refractivity contribution in [1.82, 2.24) is 19.3 Å². The molecule has 1 aliphatic rings. The molecule has 3 aromatic heterocycles. The highest BCUT2D eigenvalue weighted by molar-refractivity contribution is 5.97. The van der Waals surface area contributed by atoms with Crippen LogP contribution in [0.4, 0.5) is 40.8 Å². The van der Waals surface area contributed by atoms with Crippen molar-refractivity contribution in [2.24, 2.45) is 7.05 Å². The van der Waals surface area contributed by atoms with E-state index in [1.54, 1.807) is 0 Å². The van der Waals surface area contributed by atoms with Crippen LogP contribution in [0.15, 0.2) is 47.5 Å². The number of carboxylic acid groups (broad SMARTS) is 1. The average molecular weight is 688 g/mol. The van der Waals surface area contributed by atoms with Gasteiger partial charge in [-0.2, -0.15) is 26.3 Å². The summed E-state index contributed by atoms with van der Waals surface area (Å²) in [6.07, 6.45) is -7.83. The van der Waals surface area contributed by atoms with E-state index >= 15 is 8.78 Å². The fourth-order valence-corrected chi connectivity index (χ4v) is 5.50. The number of nitrogens with zero attached hydrogens (tertiary/aromatic N) is 4. The molecule has 10 nitrogen and oxygen atoms in total. The Hall–Kier alpha value is -5.00. The number of hydrogen-bond donors (Lipinski definition) is 2. The second kappa shape index (κ2) is 12.6. The topological polar surface area (TPSA) is 118 Å². The molecular weight excluding hydrogens is 662 g/mol. The Kier molecular flexibility index (Phi) is 8.98. The van der Waals surface area contributed by atoms with Crippen molar-refractivity contribution in [3.8, 4) is 11.1 Å². The van der Waals surface area contributed by atoms with E-state index in [0.29, 0.717) is 17.0 Å². The van der Waals surface area contributed by atoms with Gasteiger partial charge in [-0.1, -0.05) is 0 Å². The minimum Gasteiger partial charge on any atom is -0.480 e. The molecule has 1 aromatic carbocycles. The third kappa shape index (κ3) is 6.43. The SMILES string of the molecule is Cc1cc(C(F)(F)F)c(-c2ccc(C[C@H](NC(=O)c3c(F)cc(N4CCOC[C@@H]4C(F)(F)F)cc3F)C(=O)O)n3ccnc23)c(=O)n1C. The van der Waals surface area contributed by atoms with Crippen LogP contribution in [-0.4, -0.2) is 69.0 Å². The number of morpholine rings is 1. The number of hydrogen-bond acceptors (Lipinski definition) is 6. The molecule has 1 aliphatic heterocycles. The number of ether oxygens (including phenoxy) is 1. The summed E-state index contributed by atoms with van der Waals surface area (Å²) in [5.41, 5.74) is -4.90. The first-order valence-corrected chi connectivity index (χ1v) is 14.1. The number of nitrogens with one attached hydrogen (secondary N) is 1. The fraction of sp³-hybridized carbons (Fsp3) is 0.333. The van der Waals surface area contributed by atoms with E-state index in [1.807, 2.05) is 5.32 Å². The monoisotopic (exact) mass is 687 g/mol. The standard InChI is InChI=1S/C30H25F8N5O5/c1-14-9-18(29(33,34)35)23(27(45)41(14)2)17-4-3-15(43-6-5-39-25(17)43)12-21(28(46)47)40-26(44)24-19(31)10-16(11-20(24)32)42-7-8-48-13-22(42)30(36,37)38/h3-6,9-11,21-22H,7-8,12-13H2,1-2H3,(H,40,44)(H,46,47)/t21-,22+/m0/s1. The average Bonchev–Trinajstić information content (AvgIpc) is 3.49. The summed E-state index contributed by atoms with van der Waals surface area (Å²) in [4.78, 5) is 42.9. The molecule has 256 valence electrons. The van der Waals surface area contributed by atoms with Crippen LogP contribution in [-0.2, 0) is 29.2 Å². The molecule has 4 heterocycles. The van der Waals surface area contributed by atoms with Gasteiger partial charge in [0.15, 0.2) is 0 Å². The molecule has 1 amide bonds. The predicted octanol–water partition coefficient (Wildman–Crippen LogP) is 4.50. The Labute approximate surface area is 265 Å². The highest BCUT2D eigenvalue weighted by atomic mass is 19.4. The number of benzene rings is 1. The van der Waals surface area contributed by atoms with Gasteiger partial charge in [0.2, 0.25) is 0 Å². The second-order valence-corrected chi connectivity index (χ2v) is 11.0. The molecule has 1 saturated heterocycles. The van der Waals surface area contributed by atoms with Gasteiger partial charge < -0.3 is 29.0 Å². The van der Waals surface area contributed by atoms with Crippen molar-refractivity contribution in [2.75, 3.05) is 24.7 Å². The second-order valence-electron chi connectivity index (χ2n) is 11.0. The smallest absolute Gasteiger partial charge is 0.417 e. The fourth-order valence-electron chi connectivity index (χ4n) is 5.50. The van der Waals surface area contributed by atoms with E-state index < -0.39 is 88.9 Å². The number of alkyl halides is 6. The Morgan fingerprint density at radius 2 is 1.77 bits per heavy atom. The Bertz CT molecular complexity index is 1950. The molecule has 48 heavy (non-hydrogen) atoms. The lowest BCUT2D eigenvalue weighted by Gasteiger charge is -2.38. The number of aryl methyl sites for hydroxylation is 1. The summed E-state index contributed by atoms with van der Waals surface area (Å²) < 4.78 is 120. The minimum atomic E-state index is -4.92. The van der Waals surface area contributed by atoms with Crippen LogP contribution < -0.4 is 15.8 Å². The van der Waals surface area contributed by atoms with Gasteiger partial charge in [-0.05, 0) is 37.3 Å². The molecule has 4 aromatic rings. The summed E-state index contributed by atoms with van der Waals surface area (Å²) in [7, 11) is 1.29. The number of halogens is 8. The first-order valence-electron chi connectivity index (χ1n) is 14.1. The molecule has 0 radical (unpaired) electrons. The van der Waals surface area contributed by atoms with E-state index in [2.05, 4.69) is 4.98 Å². The molecule has 0 spiro atoms. The summed E-state index contributed by atoms with van der Waals surface area (Å²) in [5, 5.41) is 11.8. The predicted molar refractivity (Wildman–Crippen MR) is 153 cm³/mol. The molecule has 1 fully saturated rings. The number of carbonyl (C=O) groups is 2. The minimum absolute atomic E-state index is 0.0428. The molecule has 0 bridgehead atoms. The van der Waals surface area contributed by atoms with Crippen LogP contribution in [0.1, 0.15) is 27.3 Å². The van der Waals surface area contributed by atoms with Crippen LogP contribution in [0.25, 0.3) is 16.8 Å². The van der Waals surface area contributed by atoms with Gasteiger partial charge in [-0.15, -0.1) is 0 Å². The van der Waals surface area contributed by atoms with Crippen molar-refractivity contribution in [3.63, 3.8) is 0 Å². The summed E-state index contributed by atoms with van der Waals surface area (Å²) in [6, 6.07) is 0.131. The van der Waals surface area contributed by atoms with E-state index in [-0.39, 0.29) is 35.8 Å². The number of aromatic nitrogens is 3. The molecule has 0 unspecified atom stereocenters. The number of pyridine rings is 2. The maximum absolute atomic E-state index is 15.1. The quantitative estimate of drug-likeness (QED) is 0.275. The van der Waals surface area contributed by atoms with E-state index in [9.17, 15) is 45.8 Å². The zero-order valence-electron chi connectivity index (χ0n) is 24.9. The van der Waals surface area contributed by atoms with Crippen LogP contribution >= 0.6 is 0 Å². The highest BCUT2D eigenvalue weighted by Gasteiger charge is 2.46. The first kappa shape index (κ1) is 34.3. The van der Waals surface area contributed by atoms with Crippen LogP contribution in [0.5, 0.6) is 0 Å². The number of fused-ring (bicyclic) bond motifs is 1. The number of aliphatic carboxylic acids is 1.